The van der Waals surface area contributed by atoms with Crippen molar-refractivity contribution >= 4 is 33.9 Å². The van der Waals surface area contributed by atoms with Gasteiger partial charge in [0.2, 0.25) is 0 Å². The number of carbonyl (C=O) groups excluding carboxylic acids is 2. The van der Waals surface area contributed by atoms with Gasteiger partial charge in [-0.3, -0.25) is 9.69 Å². The van der Waals surface area contributed by atoms with Crippen LogP contribution in [0.4, 0.5) is 9.18 Å². The molecule has 0 aliphatic carbocycles. The predicted octanol–water partition coefficient (Wildman–Crippen LogP) is 3.69. The van der Waals surface area contributed by atoms with Crippen LogP contribution in [0, 0.1) is 5.82 Å². The maximum Gasteiger partial charge on any atom is 0.329 e. The lowest BCUT2D eigenvalue weighted by atomic mass is 10.1. The Bertz CT molecular complexity index is 882. The number of nitrogens with zero attached hydrogens (tertiary/aromatic N) is 1. The highest BCUT2D eigenvalue weighted by atomic mass is 79.9. The number of urea groups is 1. The topological polar surface area (TPSA) is 58.6 Å². The Labute approximate surface area is 152 Å². The van der Waals surface area contributed by atoms with E-state index >= 15 is 0 Å². The smallest absolute Gasteiger partial charge is 0.329 e. The molecule has 1 saturated heterocycles. The van der Waals surface area contributed by atoms with Gasteiger partial charge in [0.25, 0.3) is 5.91 Å². The zero-order chi connectivity index (χ0) is 18.0. The molecule has 0 atom stereocenters. The second-order valence-electron chi connectivity index (χ2n) is 5.36. The first-order chi connectivity index (χ1) is 12.0. The maximum atomic E-state index is 13.8. The molecule has 1 heterocycles. The highest BCUT2D eigenvalue weighted by Gasteiger charge is 2.34. The fourth-order valence-electron chi connectivity index (χ4n) is 2.49. The average Bonchev–Trinajstić information content (AvgIpc) is 2.84. The standard InChI is InChI=1S/C18H14BrFN2O3/c1-25-16-7-6-13(19)8-12(16)9-15-17(23)22(18(24)21-15)10-11-4-2-3-5-14(11)20/h2-9H,10H2,1H3,(H,21,24)/b15-9+. The van der Waals surface area contributed by atoms with Crippen LogP contribution < -0.4 is 10.1 Å². The van der Waals surface area contributed by atoms with Crippen LogP contribution in [0.1, 0.15) is 11.1 Å². The van der Waals surface area contributed by atoms with Crippen LogP contribution >= 0.6 is 15.9 Å². The minimum Gasteiger partial charge on any atom is -0.496 e. The van der Waals surface area contributed by atoms with E-state index in [-0.39, 0.29) is 17.8 Å². The minimum absolute atomic E-state index is 0.109. The third-order valence-electron chi connectivity index (χ3n) is 3.74. The molecule has 0 spiro atoms. The monoisotopic (exact) mass is 404 g/mol. The summed E-state index contributed by atoms with van der Waals surface area (Å²) in [6.07, 6.45) is 1.53. The molecule has 1 aliphatic rings. The summed E-state index contributed by atoms with van der Waals surface area (Å²) < 4.78 is 19.8. The fraction of sp³-hybridized carbons (Fsp3) is 0.111. The molecule has 0 aromatic heterocycles. The number of imide groups is 1. The lowest BCUT2D eigenvalue weighted by molar-refractivity contribution is -0.123. The van der Waals surface area contributed by atoms with Crippen molar-refractivity contribution in [1.82, 2.24) is 10.2 Å². The molecule has 1 fully saturated rings. The molecule has 0 saturated carbocycles. The van der Waals surface area contributed by atoms with E-state index in [1.165, 1.54) is 25.3 Å². The van der Waals surface area contributed by atoms with Crippen molar-refractivity contribution in [1.29, 1.82) is 0 Å². The van der Waals surface area contributed by atoms with Gasteiger partial charge < -0.3 is 10.1 Å². The lowest BCUT2D eigenvalue weighted by Gasteiger charge is -2.12. The number of rotatable bonds is 4. The summed E-state index contributed by atoms with van der Waals surface area (Å²) in [5.74, 6) is -0.422. The molecule has 3 amide bonds. The van der Waals surface area contributed by atoms with E-state index in [9.17, 15) is 14.0 Å². The zero-order valence-corrected chi connectivity index (χ0v) is 14.8. The fourth-order valence-corrected chi connectivity index (χ4v) is 2.86. The van der Waals surface area contributed by atoms with Crippen LogP contribution in [0.5, 0.6) is 5.75 Å². The molecule has 2 aromatic carbocycles. The van der Waals surface area contributed by atoms with Crippen molar-refractivity contribution in [2.24, 2.45) is 0 Å². The summed E-state index contributed by atoms with van der Waals surface area (Å²) in [7, 11) is 1.52. The number of halogens is 2. The van der Waals surface area contributed by atoms with Crippen LogP contribution in [0.25, 0.3) is 6.08 Å². The number of amides is 3. The highest BCUT2D eigenvalue weighted by molar-refractivity contribution is 9.10. The molecular formula is C18H14BrFN2O3. The summed E-state index contributed by atoms with van der Waals surface area (Å²) >= 11 is 3.36. The van der Waals surface area contributed by atoms with Crippen LogP contribution in [-0.2, 0) is 11.3 Å². The number of hydrogen-bond acceptors (Lipinski definition) is 3. The number of ether oxygens (including phenoxy) is 1. The second-order valence-corrected chi connectivity index (χ2v) is 6.27. The van der Waals surface area contributed by atoms with Crippen LogP contribution in [0.2, 0.25) is 0 Å². The van der Waals surface area contributed by atoms with Crippen molar-refractivity contribution in [3.05, 3.63) is 69.6 Å². The Hall–Kier alpha value is -2.67. The van der Waals surface area contributed by atoms with Gasteiger partial charge in [0.05, 0.1) is 13.7 Å². The quantitative estimate of drug-likeness (QED) is 0.624. The predicted molar refractivity (Wildman–Crippen MR) is 94.2 cm³/mol. The SMILES string of the molecule is COc1ccc(Br)cc1/C=C1/NC(=O)N(Cc2ccccc2F)C1=O. The van der Waals surface area contributed by atoms with E-state index in [1.807, 2.05) is 0 Å². The largest absolute Gasteiger partial charge is 0.496 e. The first-order valence-corrected chi connectivity index (χ1v) is 8.20. The number of hydrogen-bond donors (Lipinski definition) is 1. The van der Waals surface area contributed by atoms with Gasteiger partial charge in [0, 0.05) is 15.6 Å². The third kappa shape index (κ3) is 3.56. The van der Waals surface area contributed by atoms with Crippen molar-refractivity contribution in [2.45, 2.75) is 6.54 Å². The summed E-state index contributed by atoms with van der Waals surface area (Å²) in [4.78, 5) is 25.6. The Morgan fingerprint density at radius 3 is 2.72 bits per heavy atom. The Kier molecular flexibility index (Phi) is 4.85. The molecule has 0 bridgehead atoms. The summed E-state index contributed by atoms with van der Waals surface area (Å²) in [6, 6.07) is 10.8. The van der Waals surface area contributed by atoms with Gasteiger partial charge >= 0.3 is 6.03 Å². The molecule has 1 N–H and O–H groups in total. The van der Waals surface area contributed by atoms with Gasteiger partial charge in [0.1, 0.15) is 17.3 Å². The van der Waals surface area contributed by atoms with Crippen molar-refractivity contribution < 1.29 is 18.7 Å². The van der Waals surface area contributed by atoms with Gasteiger partial charge in [-0.15, -0.1) is 0 Å². The zero-order valence-electron chi connectivity index (χ0n) is 13.3. The maximum absolute atomic E-state index is 13.8. The van der Waals surface area contributed by atoms with E-state index in [2.05, 4.69) is 21.2 Å². The second kappa shape index (κ2) is 7.06. The van der Waals surface area contributed by atoms with Gasteiger partial charge in [-0.05, 0) is 30.3 Å². The molecular weight excluding hydrogens is 391 g/mol. The lowest BCUT2D eigenvalue weighted by Crippen LogP contribution is -2.30. The average molecular weight is 405 g/mol. The molecule has 3 rings (SSSR count). The normalized spacial score (nSPS) is 15.6. The number of benzene rings is 2. The number of nitrogens with one attached hydrogen (secondary N) is 1. The van der Waals surface area contributed by atoms with Gasteiger partial charge in [-0.1, -0.05) is 34.1 Å². The van der Waals surface area contributed by atoms with Crippen LogP contribution in [0.15, 0.2) is 52.6 Å². The highest BCUT2D eigenvalue weighted by Crippen LogP contribution is 2.26. The van der Waals surface area contributed by atoms with Crippen LogP contribution in [-0.4, -0.2) is 23.9 Å². The molecule has 128 valence electrons. The number of carbonyl (C=O) groups is 2. The summed E-state index contributed by atoms with van der Waals surface area (Å²) in [5, 5.41) is 2.52. The first-order valence-electron chi connectivity index (χ1n) is 7.41. The van der Waals surface area contributed by atoms with E-state index < -0.39 is 17.8 Å². The number of methoxy groups -OCH3 is 1. The van der Waals surface area contributed by atoms with E-state index in [0.29, 0.717) is 11.3 Å². The molecule has 1 aliphatic heterocycles. The summed E-state index contributed by atoms with van der Waals surface area (Å²) in [5.41, 5.74) is 1.01. The first kappa shape index (κ1) is 17.2. The molecule has 0 unspecified atom stereocenters. The summed E-state index contributed by atoms with van der Waals surface area (Å²) in [6.45, 7) is -0.135. The van der Waals surface area contributed by atoms with Gasteiger partial charge in [-0.25, -0.2) is 9.18 Å². The molecule has 0 radical (unpaired) electrons. The van der Waals surface area contributed by atoms with Gasteiger partial charge in [0.15, 0.2) is 0 Å². The molecule has 25 heavy (non-hydrogen) atoms. The van der Waals surface area contributed by atoms with Gasteiger partial charge in [-0.2, -0.15) is 0 Å². The third-order valence-corrected chi connectivity index (χ3v) is 4.23. The Morgan fingerprint density at radius 2 is 2.00 bits per heavy atom. The Balaban J connectivity index is 1.89. The molecule has 7 heteroatoms. The van der Waals surface area contributed by atoms with Crippen molar-refractivity contribution in [2.75, 3.05) is 7.11 Å². The van der Waals surface area contributed by atoms with E-state index in [0.717, 1.165) is 9.37 Å². The van der Waals surface area contributed by atoms with Crippen molar-refractivity contribution in [3.63, 3.8) is 0 Å². The Morgan fingerprint density at radius 1 is 1.24 bits per heavy atom. The van der Waals surface area contributed by atoms with Crippen molar-refractivity contribution in [3.8, 4) is 5.75 Å². The van der Waals surface area contributed by atoms with Crippen LogP contribution in [0.3, 0.4) is 0 Å². The molecule has 5 nitrogen and oxygen atoms in total. The van der Waals surface area contributed by atoms with E-state index in [1.54, 1.807) is 30.3 Å². The van der Waals surface area contributed by atoms with E-state index in [4.69, 9.17) is 4.74 Å². The molecule has 2 aromatic rings. The minimum atomic E-state index is -0.589.